The van der Waals surface area contributed by atoms with Gasteiger partial charge in [-0.1, -0.05) is 23.8 Å². The fourth-order valence-electron chi connectivity index (χ4n) is 2.60. The van der Waals surface area contributed by atoms with E-state index >= 15 is 0 Å². The molecule has 1 aromatic heterocycles. The standard InChI is InChI=1S/C21H22N4O3S/c1-13-4-7-15(8-5-13)22-20(27)25-21-23-16(12-29-21)11-19(26)24-17-9-6-14(2)10-18(17)28-3/h4-10,12H,11H2,1-3H3,(H,24,26)(H2,22,23,25,27). The maximum absolute atomic E-state index is 12.3. The molecule has 2 aromatic carbocycles. The summed E-state index contributed by atoms with van der Waals surface area (Å²) in [5.41, 5.74) is 4.02. The number of methoxy groups -OCH3 is 1. The third-order valence-electron chi connectivity index (χ3n) is 4.05. The molecule has 0 aliphatic carbocycles. The van der Waals surface area contributed by atoms with Crippen LogP contribution >= 0.6 is 11.3 Å². The maximum Gasteiger partial charge on any atom is 0.325 e. The lowest BCUT2D eigenvalue weighted by Gasteiger charge is -2.10. The van der Waals surface area contributed by atoms with Crippen molar-refractivity contribution in [1.82, 2.24) is 4.98 Å². The lowest BCUT2D eigenvalue weighted by atomic mass is 10.2. The number of anilines is 3. The van der Waals surface area contributed by atoms with Gasteiger partial charge in [0.1, 0.15) is 5.75 Å². The van der Waals surface area contributed by atoms with Gasteiger partial charge in [-0.25, -0.2) is 9.78 Å². The van der Waals surface area contributed by atoms with Crippen LogP contribution in [0, 0.1) is 13.8 Å². The zero-order chi connectivity index (χ0) is 20.8. The van der Waals surface area contributed by atoms with E-state index in [-0.39, 0.29) is 18.4 Å². The zero-order valence-corrected chi connectivity index (χ0v) is 17.2. The molecule has 0 saturated carbocycles. The Bertz CT molecular complexity index is 1020. The minimum absolute atomic E-state index is 0.0921. The number of thiazole rings is 1. The summed E-state index contributed by atoms with van der Waals surface area (Å²) in [6.07, 6.45) is 0.0921. The third kappa shape index (κ3) is 5.79. The Morgan fingerprint density at radius 2 is 1.72 bits per heavy atom. The molecule has 0 fully saturated rings. The summed E-state index contributed by atoms with van der Waals surface area (Å²) in [6.45, 7) is 3.93. The largest absolute Gasteiger partial charge is 0.495 e. The molecule has 0 radical (unpaired) electrons. The molecule has 0 aliphatic rings. The molecule has 8 heteroatoms. The highest BCUT2D eigenvalue weighted by Gasteiger charge is 2.12. The highest BCUT2D eigenvalue weighted by atomic mass is 32.1. The first kappa shape index (κ1) is 20.3. The summed E-state index contributed by atoms with van der Waals surface area (Å²) in [6, 6.07) is 12.6. The zero-order valence-electron chi connectivity index (χ0n) is 16.4. The topological polar surface area (TPSA) is 92.4 Å². The first-order chi connectivity index (χ1) is 13.9. The second-order valence-electron chi connectivity index (χ2n) is 6.52. The van der Waals surface area contributed by atoms with Gasteiger partial charge in [0.2, 0.25) is 5.91 Å². The molecule has 1 heterocycles. The highest BCUT2D eigenvalue weighted by molar-refractivity contribution is 7.14. The smallest absolute Gasteiger partial charge is 0.325 e. The van der Waals surface area contributed by atoms with Gasteiger partial charge in [-0.05, 0) is 43.7 Å². The number of ether oxygens (including phenoxy) is 1. The maximum atomic E-state index is 12.3. The summed E-state index contributed by atoms with van der Waals surface area (Å²) in [5.74, 6) is 0.389. The minimum atomic E-state index is -0.386. The van der Waals surface area contributed by atoms with E-state index in [1.54, 1.807) is 18.6 Å². The van der Waals surface area contributed by atoms with Gasteiger partial charge in [0, 0.05) is 11.1 Å². The number of hydrogen-bond donors (Lipinski definition) is 3. The average Bonchev–Trinajstić information content (AvgIpc) is 3.11. The van der Waals surface area contributed by atoms with Crippen LogP contribution < -0.4 is 20.7 Å². The molecule has 0 saturated heterocycles. The van der Waals surface area contributed by atoms with Crippen LogP contribution in [-0.2, 0) is 11.2 Å². The van der Waals surface area contributed by atoms with Crippen molar-refractivity contribution in [2.24, 2.45) is 0 Å². The molecule has 3 N–H and O–H groups in total. The van der Waals surface area contributed by atoms with Gasteiger partial charge < -0.3 is 15.4 Å². The van der Waals surface area contributed by atoms with Crippen LogP contribution in [0.3, 0.4) is 0 Å². The Balaban J connectivity index is 1.55. The number of nitrogens with zero attached hydrogens (tertiary/aromatic N) is 1. The Labute approximate surface area is 173 Å². The van der Waals surface area contributed by atoms with Crippen molar-refractivity contribution in [1.29, 1.82) is 0 Å². The summed E-state index contributed by atoms with van der Waals surface area (Å²) in [7, 11) is 1.56. The van der Waals surface area contributed by atoms with E-state index in [9.17, 15) is 9.59 Å². The second kappa shape index (κ2) is 9.20. The minimum Gasteiger partial charge on any atom is -0.495 e. The van der Waals surface area contributed by atoms with Crippen molar-refractivity contribution in [2.75, 3.05) is 23.1 Å². The van der Waals surface area contributed by atoms with Crippen molar-refractivity contribution in [2.45, 2.75) is 20.3 Å². The number of aryl methyl sites for hydroxylation is 2. The van der Waals surface area contributed by atoms with E-state index in [1.807, 2.05) is 50.2 Å². The van der Waals surface area contributed by atoms with E-state index in [0.29, 0.717) is 27.9 Å². The van der Waals surface area contributed by atoms with Crippen molar-refractivity contribution in [3.63, 3.8) is 0 Å². The Hall–Kier alpha value is -3.39. The SMILES string of the molecule is COc1cc(C)ccc1NC(=O)Cc1csc(NC(=O)Nc2ccc(C)cc2)n1. The number of hydrogen-bond acceptors (Lipinski definition) is 5. The number of rotatable bonds is 6. The fraction of sp³-hybridized carbons (Fsp3) is 0.190. The lowest BCUT2D eigenvalue weighted by Crippen LogP contribution is -2.19. The Morgan fingerprint density at radius 1 is 1.00 bits per heavy atom. The Morgan fingerprint density at radius 3 is 2.45 bits per heavy atom. The molecule has 3 rings (SSSR count). The van der Waals surface area contributed by atoms with Gasteiger partial charge in [-0.2, -0.15) is 0 Å². The van der Waals surface area contributed by atoms with Crippen molar-refractivity contribution in [3.05, 3.63) is 64.7 Å². The average molecular weight is 410 g/mol. The van der Waals surface area contributed by atoms with E-state index in [2.05, 4.69) is 20.9 Å². The summed E-state index contributed by atoms with van der Waals surface area (Å²) in [5, 5.41) is 10.4. The number of aromatic nitrogens is 1. The van der Waals surface area contributed by atoms with Gasteiger partial charge in [0.15, 0.2) is 5.13 Å². The number of benzene rings is 2. The second-order valence-corrected chi connectivity index (χ2v) is 7.38. The van der Waals surface area contributed by atoms with E-state index < -0.39 is 0 Å². The number of amides is 3. The normalized spacial score (nSPS) is 10.3. The molecule has 7 nitrogen and oxygen atoms in total. The van der Waals surface area contributed by atoms with Crippen molar-refractivity contribution >= 4 is 39.8 Å². The fourth-order valence-corrected chi connectivity index (χ4v) is 3.31. The molecular formula is C21H22N4O3S. The molecule has 150 valence electrons. The highest BCUT2D eigenvalue weighted by Crippen LogP contribution is 2.25. The van der Waals surface area contributed by atoms with E-state index in [0.717, 1.165) is 11.1 Å². The molecule has 0 aliphatic heterocycles. The van der Waals surface area contributed by atoms with Crippen LogP contribution in [0.1, 0.15) is 16.8 Å². The van der Waals surface area contributed by atoms with Crippen LogP contribution in [0.25, 0.3) is 0 Å². The van der Waals surface area contributed by atoms with Crippen molar-refractivity contribution in [3.8, 4) is 5.75 Å². The van der Waals surface area contributed by atoms with Crippen LogP contribution in [0.2, 0.25) is 0 Å². The Kier molecular flexibility index (Phi) is 6.46. The first-order valence-corrected chi connectivity index (χ1v) is 9.84. The van der Waals surface area contributed by atoms with Gasteiger partial charge in [-0.15, -0.1) is 11.3 Å². The molecule has 29 heavy (non-hydrogen) atoms. The molecular weight excluding hydrogens is 388 g/mol. The number of urea groups is 1. The lowest BCUT2D eigenvalue weighted by molar-refractivity contribution is -0.115. The molecule has 0 bridgehead atoms. The van der Waals surface area contributed by atoms with Gasteiger partial charge >= 0.3 is 6.03 Å². The monoisotopic (exact) mass is 410 g/mol. The van der Waals surface area contributed by atoms with E-state index in [4.69, 9.17) is 4.74 Å². The molecule has 0 unspecified atom stereocenters. The van der Waals surface area contributed by atoms with Gasteiger partial charge in [0.05, 0.1) is 24.9 Å². The number of nitrogens with one attached hydrogen (secondary N) is 3. The summed E-state index contributed by atoms with van der Waals surface area (Å²) < 4.78 is 5.30. The summed E-state index contributed by atoms with van der Waals surface area (Å²) in [4.78, 5) is 28.7. The first-order valence-electron chi connectivity index (χ1n) is 8.96. The summed E-state index contributed by atoms with van der Waals surface area (Å²) >= 11 is 1.26. The van der Waals surface area contributed by atoms with Crippen LogP contribution in [0.15, 0.2) is 47.8 Å². The van der Waals surface area contributed by atoms with Crippen LogP contribution in [0.4, 0.5) is 21.3 Å². The van der Waals surface area contributed by atoms with Crippen LogP contribution in [-0.4, -0.2) is 24.0 Å². The molecule has 3 aromatic rings. The predicted molar refractivity (Wildman–Crippen MR) is 116 cm³/mol. The third-order valence-corrected chi connectivity index (χ3v) is 4.86. The van der Waals surface area contributed by atoms with Gasteiger partial charge in [-0.3, -0.25) is 10.1 Å². The van der Waals surface area contributed by atoms with Crippen molar-refractivity contribution < 1.29 is 14.3 Å². The number of carbonyl (C=O) groups is 2. The molecule has 0 spiro atoms. The predicted octanol–water partition coefficient (Wildman–Crippen LogP) is 4.59. The molecule has 0 atom stereocenters. The number of carbonyl (C=O) groups excluding carboxylic acids is 2. The molecule has 3 amide bonds. The van der Waals surface area contributed by atoms with Crippen LogP contribution in [0.5, 0.6) is 5.75 Å². The van der Waals surface area contributed by atoms with Gasteiger partial charge in [0.25, 0.3) is 0 Å². The quantitative estimate of drug-likeness (QED) is 0.554. The van der Waals surface area contributed by atoms with E-state index in [1.165, 1.54) is 11.3 Å².